The van der Waals surface area contributed by atoms with Gasteiger partial charge in [-0.05, 0) is 18.9 Å². The SMILES string of the molecule is CCc1[nH]ccc1C(=O)NC[C@@H]1C[C@H](F)CN1Cc1cncnc1. The molecule has 7 heteroatoms. The van der Waals surface area contributed by atoms with Gasteiger partial charge in [-0.1, -0.05) is 6.92 Å². The predicted octanol–water partition coefficient (Wildman–Crippen LogP) is 1.71. The fraction of sp³-hybridized carbons (Fsp3) is 0.471. The normalized spacial score (nSPS) is 21.1. The summed E-state index contributed by atoms with van der Waals surface area (Å²) in [5.41, 5.74) is 2.53. The molecule has 0 spiro atoms. The largest absolute Gasteiger partial charge is 0.364 e. The van der Waals surface area contributed by atoms with Crippen LogP contribution in [-0.2, 0) is 13.0 Å². The van der Waals surface area contributed by atoms with Crippen molar-refractivity contribution in [2.75, 3.05) is 13.1 Å². The van der Waals surface area contributed by atoms with Gasteiger partial charge in [-0.15, -0.1) is 0 Å². The number of amides is 1. The third-order valence-corrected chi connectivity index (χ3v) is 4.41. The van der Waals surface area contributed by atoms with E-state index >= 15 is 0 Å². The van der Waals surface area contributed by atoms with E-state index < -0.39 is 6.17 Å². The van der Waals surface area contributed by atoms with E-state index in [9.17, 15) is 9.18 Å². The highest BCUT2D eigenvalue weighted by molar-refractivity contribution is 5.95. The Labute approximate surface area is 140 Å². The number of nitrogens with zero attached hydrogens (tertiary/aromatic N) is 3. The number of carbonyl (C=O) groups is 1. The second-order valence-electron chi connectivity index (χ2n) is 6.10. The molecule has 2 N–H and O–H groups in total. The molecule has 6 nitrogen and oxygen atoms in total. The van der Waals surface area contributed by atoms with Gasteiger partial charge in [0.1, 0.15) is 12.5 Å². The first-order chi connectivity index (χ1) is 11.7. The molecule has 3 rings (SSSR count). The van der Waals surface area contributed by atoms with Gasteiger partial charge in [0.05, 0.1) is 5.56 Å². The summed E-state index contributed by atoms with van der Waals surface area (Å²) in [5.74, 6) is -0.113. The molecule has 2 aromatic rings. The summed E-state index contributed by atoms with van der Waals surface area (Å²) in [6.07, 6.45) is 7.06. The fourth-order valence-corrected chi connectivity index (χ4v) is 3.19. The standard InChI is InChI=1S/C17H22FN5O/c1-2-16-15(3-4-21-16)17(24)22-8-14-5-13(18)10-23(14)9-12-6-19-11-20-7-12/h3-4,6-7,11,13-14,21H,2,5,8-10H2,1H3,(H,22,24)/t13-,14-/m0/s1. The van der Waals surface area contributed by atoms with Gasteiger partial charge in [0.2, 0.25) is 0 Å². The van der Waals surface area contributed by atoms with Crippen LogP contribution in [0.25, 0.3) is 0 Å². The quantitative estimate of drug-likeness (QED) is 0.845. The second-order valence-corrected chi connectivity index (χ2v) is 6.10. The molecule has 1 aliphatic rings. The maximum absolute atomic E-state index is 13.9. The minimum absolute atomic E-state index is 0.0202. The van der Waals surface area contributed by atoms with E-state index in [0.29, 0.717) is 31.6 Å². The van der Waals surface area contributed by atoms with E-state index in [1.54, 1.807) is 24.7 Å². The molecule has 2 aromatic heterocycles. The molecule has 0 radical (unpaired) electrons. The van der Waals surface area contributed by atoms with Crippen LogP contribution in [0.1, 0.15) is 35.0 Å². The van der Waals surface area contributed by atoms with Crippen LogP contribution in [0.3, 0.4) is 0 Å². The lowest BCUT2D eigenvalue weighted by molar-refractivity contribution is 0.0939. The van der Waals surface area contributed by atoms with Crippen molar-refractivity contribution >= 4 is 5.91 Å². The zero-order valence-corrected chi connectivity index (χ0v) is 13.7. The minimum Gasteiger partial charge on any atom is -0.364 e. The minimum atomic E-state index is -0.866. The number of aryl methyl sites for hydroxylation is 1. The van der Waals surface area contributed by atoms with Crippen LogP contribution in [0.15, 0.2) is 31.0 Å². The average molecular weight is 331 g/mol. The first kappa shape index (κ1) is 16.6. The van der Waals surface area contributed by atoms with Crippen molar-refractivity contribution in [3.63, 3.8) is 0 Å². The van der Waals surface area contributed by atoms with Crippen molar-refractivity contribution < 1.29 is 9.18 Å². The summed E-state index contributed by atoms with van der Waals surface area (Å²) in [5, 5.41) is 2.94. The number of rotatable bonds is 6. The molecule has 1 saturated heterocycles. The van der Waals surface area contributed by atoms with Gasteiger partial charge < -0.3 is 10.3 Å². The summed E-state index contributed by atoms with van der Waals surface area (Å²) in [4.78, 5) is 25.4. The zero-order valence-electron chi connectivity index (χ0n) is 13.7. The molecule has 1 amide bonds. The van der Waals surface area contributed by atoms with E-state index in [1.165, 1.54) is 6.33 Å². The number of alkyl halides is 1. The summed E-state index contributed by atoms with van der Waals surface area (Å²) >= 11 is 0. The molecular weight excluding hydrogens is 309 g/mol. The van der Waals surface area contributed by atoms with E-state index in [-0.39, 0.29) is 11.9 Å². The highest BCUT2D eigenvalue weighted by Crippen LogP contribution is 2.22. The predicted molar refractivity (Wildman–Crippen MR) is 88.2 cm³/mol. The monoisotopic (exact) mass is 331 g/mol. The van der Waals surface area contributed by atoms with Crippen LogP contribution >= 0.6 is 0 Å². The summed E-state index contributed by atoms with van der Waals surface area (Å²) < 4.78 is 13.9. The van der Waals surface area contributed by atoms with Gasteiger partial charge in [-0.3, -0.25) is 9.69 Å². The number of hydrogen-bond donors (Lipinski definition) is 2. The molecule has 1 aliphatic heterocycles. The Kier molecular flexibility index (Phi) is 5.20. The lowest BCUT2D eigenvalue weighted by atomic mass is 10.1. The number of likely N-dealkylation sites (tertiary alicyclic amines) is 1. The van der Waals surface area contributed by atoms with E-state index in [4.69, 9.17) is 0 Å². The van der Waals surface area contributed by atoms with E-state index in [1.807, 2.05) is 11.8 Å². The van der Waals surface area contributed by atoms with Crippen LogP contribution in [0.2, 0.25) is 0 Å². The molecule has 0 saturated carbocycles. The third-order valence-electron chi connectivity index (χ3n) is 4.41. The summed E-state index contributed by atoms with van der Waals surface area (Å²) in [6.45, 7) is 3.39. The molecular formula is C17H22FN5O. The summed E-state index contributed by atoms with van der Waals surface area (Å²) in [7, 11) is 0. The topological polar surface area (TPSA) is 73.9 Å². The average Bonchev–Trinajstić information content (AvgIpc) is 3.20. The van der Waals surface area contributed by atoms with Crippen LogP contribution < -0.4 is 5.32 Å². The Morgan fingerprint density at radius 3 is 3.00 bits per heavy atom. The molecule has 0 unspecified atom stereocenters. The van der Waals surface area contributed by atoms with Gasteiger partial charge in [-0.2, -0.15) is 0 Å². The lowest BCUT2D eigenvalue weighted by Gasteiger charge is -2.24. The van der Waals surface area contributed by atoms with Gasteiger partial charge in [0.15, 0.2) is 0 Å². The number of carbonyl (C=O) groups excluding carboxylic acids is 1. The number of nitrogens with one attached hydrogen (secondary N) is 2. The van der Waals surface area contributed by atoms with Crippen molar-refractivity contribution in [3.05, 3.63) is 47.8 Å². The summed E-state index contributed by atoms with van der Waals surface area (Å²) in [6, 6.07) is 1.76. The molecule has 3 heterocycles. The van der Waals surface area contributed by atoms with Crippen LogP contribution in [0, 0.1) is 0 Å². The second kappa shape index (κ2) is 7.53. The van der Waals surface area contributed by atoms with Crippen molar-refractivity contribution in [1.82, 2.24) is 25.2 Å². The van der Waals surface area contributed by atoms with Gasteiger partial charge in [-0.25, -0.2) is 14.4 Å². The fourth-order valence-electron chi connectivity index (χ4n) is 3.19. The number of aromatic nitrogens is 3. The highest BCUT2D eigenvalue weighted by atomic mass is 19.1. The van der Waals surface area contributed by atoms with Crippen molar-refractivity contribution in [2.24, 2.45) is 0 Å². The Hall–Kier alpha value is -2.28. The molecule has 0 bridgehead atoms. The molecule has 1 fully saturated rings. The maximum atomic E-state index is 13.9. The van der Waals surface area contributed by atoms with Crippen LogP contribution in [-0.4, -0.2) is 51.1 Å². The number of aromatic amines is 1. The zero-order chi connectivity index (χ0) is 16.9. The Balaban J connectivity index is 1.59. The Morgan fingerprint density at radius 2 is 2.25 bits per heavy atom. The molecule has 0 aliphatic carbocycles. The van der Waals surface area contributed by atoms with Crippen LogP contribution in [0.5, 0.6) is 0 Å². The highest BCUT2D eigenvalue weighted by Gasteiger charge is 2.32. The van der Waals surface area contributed by atoms with Gasteiger partial charge in [0.25, 0.3) is 5.91 Å². The van der Waals surface area contributed by atoms with Crippen LogP contribution in [0.4, 0.5) is 4.39 Å². The van der Waals surface area contributed by atoms with E-state index in [2.05, 4.69) is 20.3 Å². The van der Waals surface area contributed by atoms with E-state index in [0.717, 1.165) is 17.7 Å². The molecule has 24 heavy (non-hydrogen) atoms. The Morgan fingerprint density at radius 1 is 1.46 bits per heavy atom. The van der Waals surface area contributed by atoms with Crippen molar-refractivity contribution in [1.29, 1.82) is 0 Å². The molecule has 2 atom stereocenters. The first-order valence-electron chi connectivity index (χ1n) is 8.23. The first-order valence-corrected chi connectivity index (χ1v) is 8.23. The maximum Gasteiger partial charge on any atom is 0.253 e. The number of H-pyrrole nitrogens is 1. The van der Waals surface area contributed by atoms with Crippen molar-refractivity contribution in [3.8, 4) is 0 Å². The lowest BCUT2D eigenvalue weighted by Crippen LogP contribution is -2.40. The Bertz CT molecular complexity index is 675. The smallest absolute Gasteiger partial charge is 0.253 e. The number of halogens is 1. The third kappa shape index (κ3) is 3.79. The molecule has 128 valence electrons. The molecule has 0 aromatic carbocycles. The van der Waals surface area contributed by atoms with Crippen molar-refractivity contribution in [2.45, 2.75) is 38.5 Å². The van der Waals surface area contributed by atoms with Gasteiger partial charge in [0, 0.05) is 55.5 Å². The number of hydrogen-bond acceptors (Lipinski definition) is 4. The van der Waals surface area contributed by atoms with Gasteiger partial charge >= 0.3 is 0 Å².